The van der Waals surface area contributed by atoms with Crippen LogP contribution in [-0.2, 0) is 6.42 Å². The molecule has 2 nitrogen and oxygen atoms in total. The van der Waals surface area contributed by atoms with E-state index in [1.165, 1.54) is 12.1 Å². The zero-order valence-corrected chi connectivity index (χ0v) is 9.11. The number of nitrogens with zero attached hydrogens (tertiary/aromatic N) is 1. The Kier molecular flexibility index (Phi) is 3.44. The van der Waals surface area contributed by atoms with Gasteiger partial charge in [-0.3, -0.25) is 4.98 Å². The van der Waals surface area contributed by atoms with Gasteiger partial charge in [-0.25, -0.2) is 8.78 Å². The summed E-state index contributed by atoms with van der Waals surface area (Å²) in [5, 5.41) is 0. The summed E-state index contributed by atoms with van der Waals surface area (Å²) in [4.78, 5) is 4.11. The first-order chi connectivity index (χ1) is 8.16. The normalized spacial score (nSPS) is 12.4. The Morgan fingerprint density at radius 1 is 1.18 bits per heavy atom. The molecule has 1 unspecified atom stereocenters. The van der Waals surface area contributed by atoms with Crippen molar-refractivity contribution in [1.29, 1.82) is 0 Å². The number of halogens is 2. The summed E-state index contributed by atoms with van der Waals surface area (Å²) in [7, 11) is 0. The molecule has 0 bridgehead atoms. The lowest BCUT2D eigenvalue weighted by molar-refractivity contribution is 0.553. The summed E-state index contributed by atoms with van der Waals surface area (Å²) < 4.78 is 26.2. The fraction of sp³-hybridized carbons (Fsp3) is 0.154. The standard InChI is InChI=1S/C13H12F2N2/c14-9-4-5-11(12(15)7-9)13(16)8-10-3-1-2-6-17-10/h1-7,13H,8,16H2. The fourth-order valence-corrected chi connectivity index (χ4v) is 1.66. The predicted molar refractivity (Wildman–Crippen MR) is 61.2 cm³/mol. The van der Waals surface area contributed by atoms with Gasteiger partial charge in [0.25, 0.3) is 0 Å². The first-order valence-corrected chi connectivity index (χ1v) is 5.27. The Morgan fingerprint density at radius 2 is 2.00 bits per heavy atom. The van der Waals surface area contributed by atoms with Crippen LogP contribution in [0.5, 0.6) is 0 Å². The van der Waals surface area contributed by atoms with Crippen molar-refractivity contribution in [1.82, 2.24) is 4.98 Å². The maximum Gasteiger partial charge on any atom is 0.130 e. The monoisotopic (exact) mass is 234 g/mol. The van der Waals surface area contributed by atoms with Crippen molar-refractivity contribution in [2.45, 2.75) is 12.5 Å². The number of hydrogen-bond donors (Lipinski definition) is 1. The van der Waals surface area contributed by atoms with E-state index < -0.39 is 17.7 Å². The highest BCUT2D eigenvalue weighted by molar-refractivity contribution is 5.23. The molecule has 0 aliphatic carbocycles. The molecule has 0 fully saturated rings. The van der Waals surface area contributed by atoms with Crippen LogP contribution in [0.25, 0.3) is 0 Å². The van der Waals surface area contributed by atoms with Crippen LogP contribution in [0, 0.1) is 11.6 Å². The average Bonchev–Trinajstić information content (AvgIpc) is 2.30. The summed E-state index contributed by atoms with van der Waals surface area (Å²) in [6, 6.07) is 8.36. The Hall–Kier alpha value is -1.81. The van der Waals surface area contributed by atoms with Crippen LogP contribution in [-0.4, -0.2) is 4.98 Å². The largest absolute Gasteiger partial charge is 0.324 e. The van der Waals surface area contributed by atoms with Gasteiger partial charge in [0.2, 0.25) is 0 Å². The van der Waals surface area contributed by atoms with Crippen LogP contribution in [0.1, 0.15) is 17.3 Å². The number of hydrogen-bond acceptors (Lipinski definition) is 2. The molecule has 0 amide bonds. The third kappa shape index (κ3) is 2.85. The number of nitrogens with two attached hydrogens (primary N) is 1. The van der Waals surface area contributed by atoms with Crippen molar-refractivity contribution in [2.24, 2.45) is 5.73 Å². The number of pyridine rings is 1. The Labute approximate surface area is 98.1 Å². The smallest absolute Gasteiger partial charge is 0.130 e. The van der Waals surface area contributed by atoms with Crippen molar-refractivity contribution < 1.29 is 8.78 Å². The zero-order chi connectivity index (χ0) is 12.3. The molecule has 1 atom stereocenters. The van der Waals surface area contributed by atoms with Gasteiger partial charge in [0.1, 0.15) is 11.6 Å². The molecule has 0 radical (unpaired) electrons. The number of rotatable bonds is 3. The molecule has 0 aliphatic rings. The second kappa shape index (κ2) is 5.01. The highest BCUT2D eigenvalue weighted by atomic mass is 19.1. The van der Waals surface area contributed by atoms with Gasteiger partial charge in [-0.05, 0) is 18.2 Å². The molecule has 88 valence electrons. The van der Waals surface area contributed by atoms with Crippen LogP contribution in [0.15, 0.2) is 42.6 Å². The van der Waals surface area contributed by atoms with Gasteiger partial charge in [0, 0.05) is 36.0 Å². The van der Waals surface area contributed by atoms with Crippen LogP contribution in [0.2, 0.25) is 0 Å². The van der Waals surface area contributed by atoms with Gasteiger partial charge in [0.15, 0.2) is 0 Å². The number of benzene rings is 1. The van der Waals surface area contributed by atoms with E-state index in [0.717, 1.165) is 11.8 Å². The van der Waals surface area contributed by atoms with Gasteiger partial charge in [-0.2, -0.15) is 0 Å². The lowest BCUT2D eigenvalue weighted by atomic mass is 10.0. The minimum absolute atomic E-state index is 0.303. The summed E-state index contributed by atoms with van der Waals surface area (Å²) in [5.41, 5.74) is 6.96. The highest BCUT2D eigenvalue weighted by Crippen LogP contribution is 2.19. The van der Waals surface area contributed by atoms with Crippen LogP contribution in [0.3, 0.4) is 0 Å². The third-order valence-electron chi connectivity index (χ3n) is 2.52. The zero-order valence-electron chi connectivity index (χ0n) is 9.11. The van der Waals surface area contributed by atoms with Crippen LogP contribution >= 0.6 is 0 Å². The molecule has 0 aliphatic heterocycles. The van der Waals surface area contributed by atoms with E-state index in [-0.39, 0.29) is 0 Å². The first-order valence-electron chi connectivity index (χ1n) is 5.27. The van der Waals surface area contributed by atoms with Crippen molar-refractivity contribution in [3.8, 4) is 0 Å². The lowest BCUT2D eigenvalue weighted by Crippen LogP contribution is -2.15. The molecule has 1 aromatic heterocycles. The molecule has 0 spiro atoms. The molecule has 2 aromatic rings. The third-order valence-corrected chi connectivity index (χ3v) is 2.52. The predicted octanol–water partition coefficient (Wildman–Crippen LogP) is 2.60. The maximum absolute atomic E-state index is 13.5. The molecular weight excluding hydrogens is 222 g/mol. The van der Waals surface area contributed by atoms with Crippen LogP contribution in [0.4, 0.5) is 8.78 Å². The second-order valence-corrected chi connectivity index (χ2v) is 3.80. The van der Waals surface area contributed by atoms with Crippen molar-refractivity contribution >= 4 is 0 Å². The number of aromatic nitrogens is 1. The van der Waals surface area contributed by atoms with E-state index in [1.54, 1.807) is 12.3 Å². The minimum Gasteiger partial charge on any atom is -0.324 e. The molecule has 0 saturated heterocycles. The van der Waals surface area contributed by atoms with Gasteiger partial charge >= 0.3 is 0 Å². The molecule has 1 heterocycles. The molecule has 4 heteroatoms. The van der Waals surface area contributed by atoms with E-state index in [0.29, 0.717) is 12.0 Å². The summed E-state index contributed by atoms with van der Waals surface area (Å²) >= 11 is 0. The topological polar surface area (TPSA) is 38.9 Å². The van der Waals surface area contributed by atoms with E-state index in [2.05, 4.69) is 4.98 Å². The molecule has 17 heavy (non-hydrogen) atoms. The van der Waals surface area contributed by atoms with Gasteiger partial charge in [-0.15, -0.1) is 0 Å². The first kappa shape index (κ1) is 11.7. The summed E-state index contributed by atoms with van der Waals surface area (Å²) in [6.07, 6.45) is 2.08. The second-order valence-electron chi connectivity index (χ2n) is 3.80. The van der Waals surface area contributed by atoms with Crippen molar-refractivity contribution in [3.05, 3.63) is 65.5 Å². The summed E-state index contributed by atoms with van der Waals surface area (Å²) in [5.74, 6) is -1.22. The molecule has 2 N–H and O–H groups in total. The SMILES string of the molecule is NC(Cc1ccccn1)c1ccc(F)cc1F. The van der Waals surface area contributed by atoms with Crippen molar-refractivity contribution in [3.63, 3.8) is 0 Å². The lowest BCUT2D eigenvalue weighted by Gasteiger charge is -2.12. The molecular formula is C13H12F2N2. The molecule has 1 aromatic carbocycles. The fourth-order valence-electron chi connectivity index (χ4n) is 1.66. The quantitative estimate of drug-likeness (QED) is 0.886. The van der Waals surface area contributed by atoms with Gasteiger partial charge in [-0.1, -0.05) is 12.1 Å². The van der Waals surface area contributed by atoms with Gasteiger partial charge in [0.05, 0.1) is 0 Å². The van der Waals surface area contributed by atoms with E-state index >= 15 is 0 Å². The minimum atomic E-state index is -0.617. The highest BCUT2D eigenvalue weighted by Gasteiger charge is 2.13. The molecule has 2 rings (SSSR count). The van der Waals surface area contributed by atoms with E-state index in [4.69, 9.17) is 5.73 Å². The van der Waals surface area contributed by atoms with Crippen molar-refractivity contribution in [2.75, 3.05) is 0 Å². The van der Waals surface area contributed by atoms with Gasteiger partial charge < -0.3 is 5.73 Å². The van der Waals surface area contributed by atoms with Crippen LogP contribution < -0.4 is 5.73 Å². The Balaban J connectivity index is 2.17. The van der Waals surface area contributed by atoms with E-state index in [9.17, 15) is 8.78 Å². The maximum atomic E-state index is 13.5. The average molecular weight is 234 g/mol. The Morgan fingerprint density at radius 3 is 2.65 bits per heavy atom. The van der Waals surface area contributed by atoms with E-state index in [1.807, 2.05) is 12.1 Å². The summed E-state index contributed by atoms with van der Waals surface area (Å²) in [6.45, 7) is 0. The molecule has 0 saturated carbocycles. The Bertz CT molecular complexity index is 500.